The Morgan fingerprint density at radius 1 is 1.44 bits per heavy atom. The van der Waals surface area contributed by atoms with Gasteiger partial charge in [0, 0.05) is 0 Å². The van der Waals surface area contributed by atoms with E-state index in [4.69, 9.17) is 16.0 Å². The van der Waals surface area contributed by atoms with Crippen LogP contribution in [-0.2, 0) is 11.2 Å². The number of nitrogens with one attached hydrogen (secondary N) is 1. The molecule has 18 heavy (non-hydrogen) atoms. The van der Waals surface area contributed by atoms with Gasteiger partial charge >= 0.3 is 0 Å². The molecule has 2 heterocycles. The first-order chi connectivity index (χ1) is 8.65. The van der Waals surface area contributed by atoms with Crippen LogP contribution in [0.3, 0.4) is 0 Å². The Bertz CT molecular complexity index is 607. The average Bonchev–Trinajstić information content (AvgIpc) is 2.96. The summed E-state index contributed by atoms with van der Waals surface area (Å²) in [5, 5.41) is 13.3. The third-order valence-corrected chi connectivity index (χ3v) is 3.24. The van der Waals surface area contributed by atoms with E-state index in [1.807, 2.05) is 0 Å². The first kappa shape index (κ1) is 11.3. The van der Waals surface area contributed by atoms with Crippen molar-refractivity contribution in [2.24, 2.45) is 0 Å². The zero-order valence-electron chi connectivity index (χ0n) is 9.31. The molecule has 5 heteroatoms. The van der Waals surface area contributed by atoms with Crippen molar-refractivity contribution in [3.8, 4) is 0 Å². The monoisotopic (exact) mass is 263 g/mol. The molecule has 0 bridgehead atoms. The number of anilines is 1. The third kappa shape index (κ3) is 1.79. The molecule has 1 aliphatic heterocycles. The van der Waals surface area contributed by atoms with Gasteiger partial charge in [-0.25, -0.2) is 0 Å². The number of halogens is 1. The number of amides is 1. The van der Waals surface area contributed by atoms with Crippen LogP contribution in [0.4, 0.5) is 5.69 Å². The molecule has 0 saturated heterocycles. The summed E-state index contributed by atoms with van der Waals surface area (Å²) in [6.07, 6.45) is 0.908. The molecule has 1 aliphatic rings. The lowest BCUT2D eigenvalue weighted by Crippen LogP contribution is -2.03. The van der Waals surface area contributed by atoms with Crippen molar-refractivity contribution in [2.75, 3.05) is 5.32 Å². The van der Waals surface area contributed by atoms with Gasteiger partial charge in [-0.2, -0.15) is 0 Å². The Hall–Kier alpha value is -1.78. The molecule has 1 aromatic carbocycles. The Morgan fingerprint density at radius 2 is 2.28 bits per heavy atom. The van der Waals surface area contributed by atoms with Gasteiger partial charge in [0.25, 0.3) is 0 Å². The molecule has 1 unspecified atom stereocenters. The second-order valence-electron chi connectivity index (χ2n) is 4.18. The summed E-state index contributed by atoms with van der Waals surface area (Å²) in [4.78, 5) is 11.3. The van der Waals surface area contributed by atoms with Gasteiger partial charge in [0.15, 0.2) is 0 Å². The van der Waals surface area contributed by atoms with Crippen LogP contribution in [0.25, 0.3) is 0 Å². The Labute approximate surface area is 108 Å². The van der Waals surface area contributed by atoms with Crippen molar-refractivity contribution in [3.63, 3.8) is 0 Å². The molecule has 4 nitrogen and oxygen atoms in total. The van der Waals surface area contributed by atoms with E-state index in [2.05, 4.69) is 5.32 Å². The van der Waals surface area contributed by atoms with Crippen LogP contribution in [0, 0.1) is 0 Å². The van der Waals surface area contributed by atoms with E-state index in [0.717, 1.165) is 5.56 Å². The summed E-state index contributed by atoms with van der Waals surface area (Å²) in [7, 11) is 0. The molecule has 0 fully saturated rings. The Kier molecular flexibility index (Phi) is 2.61. The van der Waals surface area contributed by atoms with Crippen molar-refractivity contribution < 1.29 is 14.3 Å². The van der Waals surface area contributed by atoms with Gasteiger partial charge in [0.05, 0.1) is 23.4 Å². The van der Waals surface area contributed by atoms with Gasteiger partial charge < -0.3 is 14.8 Å². The molecule has 0 aliphatic carbocycles. The molecule has 92 valence electrons. The number of carbonyl (C=O) groups is 1. The minimum absolute atomic E-state index is 0.0865. The van der Waals surface area contributed by atoms with E-state index in [1.165, 1.54) is 6.26 Å². The van der Waals surface area contributed by atoms with E-state index in [-0.39, 0.29) is 12.3 Å². The molecule has 2 aromatic rings. The highest BCUT2D eigenvalue weighted by Gasteiger charge is 2.23. The topological polar surface area (TPSA) is 62.5 Å². The summed E-state index contributed by atoms with van der Waals surface area (Å²) in [5.74, 6) is 0.361. The zero-order valence-corrected chi connectivity index (χ0v) is 10.1. The smallest absolute Gasteiger partial charge is 0.228 e. The number of benzene rings is 1. The lowest BCUT2D eigenvalue weighted by molar-refractivity contribution is -0.115. The van der Waals surface area contributed by atoms with E-state index < -0.39 is 6.10 Å². The van der Waals surface area contributed by atoms with Crippen LogP contribution in [-0.4, -0.2) is 11.0 Å². The van der Waals surface area contributed by atoms with Crippen LogP contribution >= 0.6 is 11.6 Å². The summed E-state index contributed by atoms with van der Waals surface area (Å²) >= 11 is 6.09. The number of hydrogen-bond donors (Lipinski definition) is 2. The number of hydrogen-bond acceptors (Lipinski definition) is 3. The Balaban J connectivity index is 2.02. The number of aliphatic hydroxyl groups excluding tert-OH is 1. The third-order valence-electron chi connectivity index (χ3n) is 2.94. The van der Waals surface area contributed by atoms with E-state index >= 15 is 0 Å². The highest BCUT2D eigenvalue weighted by atomic mass is 35.5. The van der Waals surface area contributed by atoms with E-state index in [9.17, 15) is 9.90 Å². The first-order valence-corrected chi connectivity index (χ1v) is 5.86. The maximum absolute atomic E-state index is 11.3. The van der Waals surface area contributed by atoms with Gasteiger partial charge in [-0.3, -0.25) is 4.79 Å². The van der Waals surface area contributed by atoms with Crippen molar-refractivity contribution in [1.29, 1.82) is 0 Å². The zero-order chi connectivity index (χ0) is 12.7. The highest BCUT2D eigenvalue weighted by molar-refractivity contribution is 6.34. The fraction of sp³-hybridized carbons (Fsp3) is 0.154. The van der Waals surface area contributed by atoms with Gasteiger partial charge in [-0.15, -0.1) is 0 Å². The van der Waals surface area contributed by atoms with Crippen LogP contribution < -0.4 is 5.32 Å². The molecule has 2 N–H and O–H groups in total. The fourth-order valence-corrected chi connectivity index (χ4v) is 2.39. The second kappa shape index (κ2) is 4.15. The molecule has 1 atom stereocenters. The Morgan fingerprint density at radius 3 is 3.00 bits per heavy atom. The number of fused-ring (bicyclic) bond motifs is 1. The summed E-state index contributed by atoms with van der Waals surface area (Å²) in [6.45, 7) is 0. The predicted octanol–water partition coefficient (Wildman–Crippen LogP) is 2.51. The number of aliphatic hydroxyl groups is 1. The molecule has 0 saturated carbocycles. The predicted molar refractivity (Wildman–Crippen MR) is 66.6 cm³/mol. The summed E-state index contributed by atoms with van der Waals surface area (Å²) < 4.78 is 5.15. The van der Waals surface area contributed by atoms with Crippen molar-refractivity contribution in [3.05, 3.63) is 52.4 Å². The van der Waals surface area contributed by atoms with Gasteiger partial charge in [-0.1, -0.05) is 17.7 Å². The molecule has 0 radical (unpaired) electrons. The van der Waals surface area contributed by atoms with Gasteiger partial charge in [-0.05, 0) is 29.3 Å². The minimum Gasteiger partial charge on any atom is -0.466 e. The van der Waals surface area contributed by atoms with E-state index in [0.29, 0.717) is 22.0 Å². The lowest BCUT2D eigenvalue weighted by Gasteiger charge is -2.11. The fourth-order valence-electron chi connectivity index (χ4n) is 2.09. The standard InChI is InChI=1S/C13H10ClNO3/c14-9-5-8(13(17)10-2-1-3-18-10)4-7-6-11(16)15-12(7)9/h1-5,13,17H,6H2,(H,15,16). The number of carbonyl (C=O) groups excluding carboxylic acids is 1. The van der Waals surface area contributed by atoms with Crippen LogP contribution in [0.1, 0.15) is 23.0 Å². The van der Waals surface area contributed by atoms with Crippen molar-refractivity contribution in [2.45, 2.75) is 12.5 Å². The quantitative estimate of drug-likeness (QED) is 0.875. The first-order valence-electron chi connectivity index (χ1n) is 5.49. The summed E-state index contributed by atoms with van der Waals surface area (Å²) in [5.41, 5.74) is 2.05. The highest BCUT2D eigenvalue weighted by Crippen LogP contribution is 2.35. The normalized spacial score (nSPS) is 15.3. The molecule has 1 amide bonds. The second-order valence-corrected chi connectivity index (χ2v) is 4.59. The van der Waals surface area contributed by atoms with Crippen molar-refractivity contribution >= 4 is 23.2 Å². The SMILES string of the molecule is O=C1Cc2cc(C(O)c3ccco3)cc(Cl)c2N1. The molecule has 3 rings (SSSR count). The van der Waals surface area contributed by atoms with Crippen LogP contribution in [0.5, 0.6) is 0 Å². The number of rotatable bonds is 2. The maximum Gasteiger partial charge on any atom is 0.228 e. The number of furan rings is 1. The largest absolute Gasteiger partial charge is 0.466 e. The van der Waals surface area contributed by atoms with Gasteiger partial charge in [0.1, 0.15) is 11.9 Å². The minimum atomic E-state index is -0.876. The van der Waals surface area contributed by atoms with E-state index in [1.54, 1.807) is 24.3 Å². The lowest BCUT2D eigenvalue weighted by atomic mass is 10.0. The average molecular weight is 264 g/mol. The molecule has 0 spiro atoms. The van der Waals surface area contributed by atoms with Crippen molar-refractivity contribution in [1.82, 2.24) is 0 Å². The van der Waals surface area contributed by atoms with Crippen LogP contribution in [0.15, 0.2) is 34.9 Å². The molecular formula is C13H10ClNO3. The van der Waals surface area contributed by atoms with Crippen LogP contribution in [0.2, 0.25) is 5.02 Å². The van der Waals surface area contributed by atoms with Gasteiger partial charge in [0.2, 0.25) is 5.91 Å². The maximum atomic E-state index is 11.3. The summed E-state index contributed by atoms with van der Waals surface area (Å²) in [6, 6.07) is 6.80. The molecular weight excluding hydrogens is 254 g/mol. The molecule has 1 aromatic heterocycles.